The number of aryl methyl sites for hydroxylation is 1. The van der Waals surface area contributed by atoms with E-state index in [-0.39, 0.29) is 0 Å². The Morgan fingerprint density at radius 3 is 2.76 bits per heavy atom. The van der Waals surface area contributed by atoms with Crippen LogP contribution in [0.1, 0.15) is 24.1 Å². The van der Waals surface area contributed by atoms with Crippen molar-refractivity contribution in [2.45, 2.75) is 26.3 Å². The van der Waals surface area contributed by atoms with Crippen LogP contribution in [0.4, 0.5) is 0 Å². The third-order valence-corrected chi connectivity index (χ3v) is 3.45. The maximum Gasteiger partial charge on any atom is 0.0372 e. The Kier molecular flexibility index (Phi) is 4.51. The van der Waals surface area contributed by atoms with Crippen molar-refractivity contribution in [3.63, 3.8) is 0 Å². The zero-order valence-corrected chi connectivity index (χ0v) is 10.9. The number of hydrogen-bond donors (Lipinski definition) is 1. The summed E-state index contributed by atoms with van der Waals surface area (Å²) in [6.45, 7) is 6.62. The van der Waals surface area contributed by atoms with E-state index in [0.29, 0.717) is 0 Å². The number of nitrogens with zero attached hydrogens (tertiary/aromatic N) is 2. The third-order valence-electron chi connectivity index (χ3n) is 3.45. The quantitative estimate of drug-likeness (QED) is 0.860. The predicted octanol–water partition coefficient (Wildman–Crippen LogP) is 1.82. The van der Waals surface area contributed by atoms with Crippen molar-refractivity contribution in [2.75, 3.05) is 26.7 Å². The second-order valence-electron chi connectivity index (χ2n) is 5.20. The Morgan fingerprint density at radius 1 is 1.35 bits per heavy atom. The highest BCUT2D eigenvalue weighted by atomic mass is 15.1. The van der Waals surface area contributed by atoms with E-state index in [1.807, 2.05) is 13.1 Å². The summed E-state index contributed by atoms with van der Waals surface area (Å²) < 4.78 is 0. The summed E-state index contributed by atoms with van der Waals surface area (Å²) in [5.74, 6) is 0.861. The zero-order valence-electron chi connectivity index (χ0n) is 10.9. The van der Waals surface area contributed by atoms with Crippen LogP contribution < -0.4 is 5.32 Å². The van der Waals surface area contributed by atoms with Crippen molar-refractivity contribution in [3.8, 4) is 0 Å². The molecule has 0 aliphatic carbocycles. The number of nitrogens with one attached hydrogen (secondary N) is 1. The van der Waals surface area contributed by atoms with Crippen molar-refractivity contribution in [1.82, 2.24) is 15.2 Å². The van der Waals surface area contributed by atoms with Gasteiger partial charge in [0.1, 0.15) is 0 Å². The molecule has 2 rings (SSSR count). The van der Waals surface area contributed by atoms with Crippen LogP contribution in [0, 0.1) is 12.8 Å². The van der Waals surface area contributed by atoms with Gasteiger partial charge in [-0.05, 0) is 57.5 Å². The van der Waals surface area contributed by atoms with E-state index >= 15 is 0 Å². The first kappa shape index (κ1) is 12.5. The zero-order chi connectivity index (χ0) is 12.1. The fraction of sp³-hybridized carbons (Fsp3) is 0.643. The van der Waals surface area contributed by atoms with Crippen LogP contribution >= 0.6 is 0 Å². The van der Waals surface area contributed by atoms with Gasteiger partial charge in [0.25, 0.3) is 0 Å². The molecule has 94 valence electrons. The molecule has 0 atom stereocenters. The summed E-state index contributed by atoms with van der Waals surface area (Å²) in [5.41, 5.74) is 2.40. The van der Waals surface area contributed by atoms with Crippen LogP contribution in [0.5, 0.6) is 0 Å². The lowest BCUT2D eigenvalue weighted by Crippen LogP contribution is -2.34. The van der Waals surface area contributed by atoms with E-state index in [2.05, 4.69) is 34.4 Å². The molecule has 1 aromatic rings. The molecule has 0 saturated carbocycles. The molecule has 0 amide bonds. The normalized spacial score (nSPS) is 17.6. The Labute approximate surface area is 104 Å². The van der Waals surface area contributed by atoms with E-state index < -0.39 is 0 Å². The highest BCUT2D eigenvalue weighted by Gasteiger charge is 2.14. The van der Waals surface area contributed by atoms with Gasteiger partial charge in [-0.3, -0.25) is 4.98 Å². The number of piperidine rings is 1. The first-order chi connectivity index (χ1) is 8.24. The summed E-state index contributed by atoms with van der Waals surface area (Å²) in [5, 5.41) is 3.42. The maximum atomic E-state index is 4.34. The van der Waals surface area contributed by atoms with E-state index in [1.165, 1.54) is 38.0 Å². The molecule has 0 spiro atoms. The Balaban J connectivity index is 1.79. The van der Waals surface area contributed by atoms with Crippen LogP contribution in [0.3, 0.4) is 0 Å². The molecule has 0 aromatic carbocycles. The largest absolute Gasteiger partial charge is 0.317 e. The molecule has 0 bridgehead atoms. The third kappa shape index (κ3) is 4.10. The predicted molar refractivity (Wildman–Crippen MR) is 70.9 cm³/mol. The molecule has 0 radical (unpaired) electrons. The molecule has 3 nitrogen and oxygen atoms in total. The van der Waals surface area contributed by atoms with Gasteiger partial charge in [0, 0.05) is 25.0 Å². The van der Waals surface area contributed by atoms with Gasteiger partial charge in [0.05, 0.1) is 0 Å². The van der Waals surface area contributed by atoms with Crippen molar-refractivity contribution in [2.24, 2.45) is 5.92 Å². The van der Waals surface area contributed by atoms with Gasteiger partial charge < -0.3 is 10.2 Å². The average Bonchev–Trinajstić information content (AvgIpc) is 2.33. The summed E-state index contributed by atoms with van der Waals surface area (Å²) in [7, 11) is 2.21. The van der Waals surface area contributed by atoms with E-state index in [0.717, 1.165) is 18.2 Å². The van der Waals surface area contributed by atoms with E-state index in [4.69, 9.17) is 0 Å². The molecule has 1 N–H and O–H groups in total. The highest BCUT2D eigenvalue weighted by molar-refractivity contribution is 5.12. The van der Waals surface area contributed by atoms with Crippen LogP contribution in [0.15, 0.2) is 18.3 Å². The molecule has 1 aromatic heterocycles. The molecule has 1 saturated heterocycles. The van der Waals surface area contributed by atoms with Crippen molar-refractivity contribution in [3.05, 3.63) is 29.6 Å². The molecular weight excluding hydrogens is 210 g/mol. The monoisotopic (exact) mass is 233 g/mol. The number of hydrogen-bond acceptors (Lipinski definition) is 3. The van der Waals surface area contributed by atoms with Crippen molar-refractivity contribution < 1.29 is 0 Å². The first-order valence-corrected chi connectivity index (χ1v) is 6.55. The number of rotatable bonds is 4. The molecule has 1 aliphatic rings. The lowest BCUT2D eigenvalue weighted by atomic mass is 9.97. The Bertz CT molecular complexity index is 328. The van der Waals surface area contributed by atoms with Gasteiger partial charge in [0.15, 0.2) is 0 Å². The van der Waals surface area contributed by atoms with Gasteiger partial charge in [-0.2, -0.15) is 0 Å². The minimum atomic E-state index is 0.861. The molecule has 2 heterocycles. The highest BCUT2D eigenvalue weighted by Crippen LogP contribution is 2.14. The Hall–Kier alpha value is -0.930. The molecule has 0 unspecified atom stereocenters. The summed E-state index contributed by atoms with van der Waals surface area (Å²) >= 11 is 0. The second-order valence-corrected chi connectivity index (χ2v) is 5.20. The van der Waals surface area contributed by atoms with Gasteiger partial charge in [-0.15, -0.1) is 0 Å². The molecular formula is C14H23N3. The van der Waals surface area contributed by atoms with Crippen LogP contribution in [-0.2, 0) is 6.54 Å². The minimum Gasteiger partial charge on any atom is -0.317 e. The SMILES string of the molecule is Cc1ccc(CN(C)CC2CCNCC2)cn1. The van der Waals surface area contributed by atoms with E-state index in [9.17, 15) is 0 Å². The molecule has 3 heteroatoms. The van der Waals surface area contributed by atoms with Crippen LogP contribution in [0.2, 0.25) is 0 Å². The Morgan fingerprint density at radius 2 is 2.12 bits per heavy atom. The van der Waals surface area contributed by atoms with E-state index in [1.54, 1.807) is 0 Å². The fourth-order valence-electron chi connectivity index (χ4n) is 2.47. The average molecular weight is 233 g/mol. The van der Waals surface area contributed by atoms with Crippen molar-refractivity contribution >= 4 is 0 Å². The van der Waals surface area contributed by atoms with Gasteiger partial charge >= 0.3 is 0 Å². The summed E-state index contributed by atoms with van der Waals surface area (Å²) in [6.07, 6.45) is 4.63. The summed E-state index contributed by atoms with van der Waals surface area (Å²) in [4.78, 5) is 6.76. The van der Waals surface area contributed by atoms with Gasteiger partial charge in [0.2, 0.25) is 0 Å². The number of aromatic nitrogens is 1. The lowest BCUT2D eigenvalue weighted by molar-refractivity contribution is 0.234. The first-order valence-electron chi connectivity index (χ1n) is 6.55. The maximum absolute atomic E-state index is 4.34. The van der Waals surface area contributed by atoms with Gasteiger partial charge in [-0.1, -0.05) is 6.07 Å². The smallest absolute Gasteiger partial charge is 0.0372 e. The summed E-state index contributed by atoms with van der Waals surface area (Å²) in [6, 6.07) is 4.27. The second kappa shape index (κ2) is 6.12. The standard InChI is InChI=1S/C14H23N3/c1-12-3-4-14(9-16-12)11-17(2)10-13-5-7-15-8-6-13/h3-4,9,13,15H,5-8,10-11H2,1-2H3. The van der Waals surface area contributed by atoms with Crippen LogP contribution in [0.25, 0.3) is 0 Å². The number of pyridine rings is 1. The topological polar surface area (TPSA) is 28.2 Å². The molecule has 1 aliphatic heterocycles. The van der Waals surface area contributed by atoms with Crippen molar-refractivity contribution in [1.29, 1.82) is 0 Å². The van der Waals surface area contributed by atoms with Crippen LogP contribution in [-0.4, -0.2) is 36.6 Å². The lowest BCUT2D eigenvalue weighted by Gasteiger charge is -2.27. The minimum absolute atomic E-state index is 0.861. The van der Waals surface area contributed by atoms with Gasteiger partial charge in [-0.25, -0.2) is 0 Å². The molecule has 17 heavy (non-hydrogen) atoms. The molecule has 1 fully saturated rings. The fourth-order valence-corrected chi connectivity index (χ4v) is 2.47.